The first-order chi connectivity index (χ1) is 14.3. The number of esters is 1. The summed E-state index contributed by atoms with van der Waals surface area (Å²) < 4.78 is 10.6. The van der Waals surface area contributed by atoms with Crippen LogP contribution in [-0.4, -0.2) is 31.1 Å². The van der Waals surface area contributed by atoms with Gasteiger partial charge in [0.2, 0.25) is 0 Å². The van der Waals surface area contributed by atoms with Gasteiger partial charge >= 0.3 is 5.97 Å². The van der Waals surface area contributed by atoms with Gasteiger partial charge in [-0.2, -0.15) is 0 Å². The monoisotopic (exact) mass is 407 g/mol. The van der Waals surface area contributed by atoms with Crippen LogP contribution in [0.2, 0.25) is 0 Å². The highest BCUT2D eigenvalue weighted by atomic mass is 16.5. The first-order valence-electron chi connectivity index (χ1n) is 10.2. The number of amides is 1. The van der Waals surface area contributed by atoms with E-state index in [-0.39, 0.29) is 17.4 Å². The topological polar surface area (TPSA) is 55.8 Å². The first kappa shape index (κ1) is 21.6. The van der Waals surface area contributed by atoms with E-state index in [0.29, 0.717) is 17.9 Å². The largest absolute Gasteiger partial charge is 0.496 e. The van der Waals surface area contributed by atoms with E-state index in [4.69, 9.17) is 9.47 Å². The Morgan fingerprint density at radius 2 is 1.90 bits per heavy atom. The number of rotatable bonds is 5. The molecular weight excluding hydrogens is 378 g/mol. The van der Waals surface area contributed by atoms with Crippen LogP contribution in [0, 0.1) is 0 Å². The van der Waals surface area contributed by atoms with Gasteiger partial charge in [-0.25, -0.2) is 4.79 Å². The SMILES string of the molecule is CCOC(=O)C=Cc1cc2c(cc1OC)N(C(=O)c1ccccc1)C(C)(C)CC2C. The Balaban J connectivity index is 2.10. The quantitative estimate of drug-likeness (QED) is 0.505. The molecule has 5 nitrogen and oxygen atoms in total. The zero-order valence-corrected chi connectivity index (χ0v) is 18.3. The van der Waals surface area contributed by atoms with Crippen LogP contribution in [0.3, 0.4) is 0 Å². The Kier molecular flexibility index (Phi) is 6.30. The van der Waals surface area contributed by atoms with E-state index >= 15 is 0 Å². The minimum atomic E-state index is -0.396. The number of carbonyl (C=O) groups excluding carboxylic acids is 2. The van der Waals surface area contributed by atoms with E-state index in [1.165, 1.54) is 6.08 Å². The van der Waals surface area contributed by atoms with Crippen LogP contribution in [0.25, 0.3) is 6.08 Å². The van der Waals surface area contributed by atoms with Crippen molar-refractivity contribution in [2.24, 2.45) is 0 Å². The maximum Gasteiger partial charge on any atom is 0.330 e. The van der Waals surface area contributed by atoms with E-state index in [0.717, 1.165) is 23.2 Å². The molecular formula is C25H29NO4. The second-order valence-corrected chi connectivity index (χ2v) is 8.16. The fourth-order valence-electron chi connectivity index (χ4n) is 4.22. The van der Waals surface area contributed by atoms with Gasteiger partial charge < -0.3 is 14.4 Å². The van der Waals surface area contributed by atoms with Crippen LogP contribution in [-0.2, 0) is 9.53 Å². The molecule has 3 rings (SSSR count). The molecule has 30 heavy (non-hydrogen) atoms. The van der Waals surface area contributed by atoms with Crippen molar-refractivity contribution in [3.63, 3.8) is 0 Å². The van der Waals surface area contributed by atoms with Gasteiger partial charge in [-0.3, -0.25) is 4.79 Å². The number of hydrogen-bond donors (Lipinski definition) is 0. The lowest BCUT2D eigenvalue weighted by Gasteiger charge is -2.46. The lowest BCUT2D eigenvalue weighted by atomic mass is 9.79. The molecule has 158 valence electrons. The molecule has 2 aromatic rings. The molecule has 0 aliphatic carbocycles. The van der Waals surface area contributed by atoms with Crippen LogP contribution in [0.4, 0.5) is 5.69 Å². The van der Waals surface area contributed by atoms with Gasteiger partial charge in [-0.1, -0.05) is 25.1 Å². The molecule has 1 unspecified atom stereocenters. The van der Waals surface area contributed by atoms with Crippen molar-refractivity contribution < 1.29 is 19.1 Å². The van der Waals surface area contributed by atoms with Crippen molar-refractivity contribution in [3.05, 3.63) is 65.2 Å². The van der Waals surface area contributed by atoms with E-state index in [1.54, 1.807) is 20.1 Å². The fourth-order valence-corrected chi connectivity index (χ4v) is 4.22. The van der Waals surface area contributed by atoms with Crippen molar-refractivity contribution in [1.29, 1.82) is 0 Å². The van der Waals surface area contributed by atoms with E-state index in [2.05, 4.69) is 20.8 Å². The zero-order valence-electron chi connectivity index (χ0n) is 18.3. The van der Waals surface area contributed by atoms with Crippen molar-refractivity contribution in [2.45, 2.75) is 45.6 Å². The molecule has 0 bridgehead atoms. The Hall–Kier alpha value is -3.08. The van der Waals surface area contributed by atoms with Gasteiger partial charge in [0.1, 0.15) is 5.75 Å². The molecule has 1 heterocycles. The van der Waals surface area contributed by atoms with Gasteiger partial charge in [0.05, 0.1) is 19.4 Å². The summed E-state index contributed by atoms with van der Waals surface area (Å²) in [6, 6.07) is 13.2. The molecule has 0 spiro atoms. The predicted octanol–water partition coefficient (Wildman–Crippen LogP) is 5.20. The maximum atomic E-state index is 13.5. The normalized spacial score (nSPS) is 17.5. The molecule has 1 atom stereocenters. The molecule has 0 N–H and O–H groups in total. The van der Waals surface area contributed by atoms with Gasteiger partial charge in [-0.15, -0.1) is 0 Å². The van der Waals surface area contributed by atoms with Crippen molar-refractivity contribution in [1.82, 2.24) is 0 Å². The average Bonchev–Trinajstić information content (AvgIpc) is 2.72. The summed E-state index contributed by atoms with van der Waals surface area (Å²) in [5.41, 5.74) is 2.98. The molecule has 5 heteroatoms. The number of methoxy groups -OCH3 is 1. The van der Waals surface area contributed by atoms with Crippen LogP contribution in [0.15, 0.2) is 48.5 Å². The zero-order chi connectivity index (χ0) is 21.9. The summed E-state index contributed by atoms with van der Waals surface area (Å²) in [6.45, 7) is 8.44. The summed E-state index contributed by atoms with van der Waals surface area (Å²) in [5, 5.41) is 0. The molecule has 0 saturated heterocycles. The number of hydrogen-bond acceptors (Lipinski definition) is 4. The van der Waals surface area contributed by atoms with E-state index < -0.39 is 5.97 Å². The maximum absolute atomic E-state index is 13.5. The number of fused-ring (bicyclic) bond motifs is 1. The minimum Gasteiger partial charge on any atom is -0.496 e. The smallest absolute Gasteiger partial charge is 0.330 e. The van der Waals surface area contributed by atoms with Crippen molar-refractivity contribution in [3.8, 4) is 5.75 Å². The van der Waals surface area contributed by atoms with Gasteiger partial charge in [0.25, 0.3) is 5.91 Å². The predicted molar refractivity (Wildman–Crippen MR) is 119 cm³/mol. The lowest BCUT2D eigenvalue weighted by Crippen LogP contribution is -2.51. The van der Waals surface area contributed by atoms with Gasteiger partial charge in [0.15, 0.2) is 0 Å². The van der Waals surface area contributed by atoms with E-state index in [9.17, 15) is 9.59 Å². The molecule has 0 radical (unpaired) electrons. The molecule has 0 saturated carbocycles. The first-order valence-corrected chi connectivity index (χ1v) is 10.2. The molecule has 1 aliphatic rings. The third-order valence-corrected chi connectivity index (χ3v) is 5.47. The van der Waals surface area contributed by atoms with Crippen molar-refractivity contribution in [2.75, 3.05) is 18.6 Å². The fraction of sp³-hybridized carbons (Fsp3) is 0.360. The summed E-state index contributed by atoms with van der Waals surface area (Å²) in [6.07, 6.45) is 3.93. The lowest BCUT2D eigenvalue weighted by molar-refractivity contribution is -0.137. The van der Waals surface area contributed by atoms with Crippen LogP contribution in [0.1, 0.15) is 61.5 Å². The molecule has 1 aliphatic heterocycles. The van der Waals surface area contributed by atoms with E-state index in [1.807, 2.05) is 47.4 Å². The Morgan fingerprint density at radius 3 is 2.53 bits per heavy atom. The van der Waals surface area contributed by atoms with Crippen LogP contribution in [0.5, 0.6) is 5.75 Å². The third kappa shape index (κ3) is 4.25. The van der Waals surface area contributed by atoms with Gasteiger partial charge in [-0.05, 0) is 62.9 Å². The highest BCUT2D eigenvalue weighted by molar-refractivity contribution is 6.08. The highest BCUT2D eigenvalue weighted by Gasteiger charge is 2.40. The van der Waals surface area contributed by atoms with Gasteiger partial charge in [0, 0.05) is 28.8 Å². The summed E-state index contributed by atoms with van der Waals surface area (Å²) >= 11 is 0. The number of benzene rings is 2. The third-order valence-electron chi connectivity index (χ3n) is 5.47. The standard InChI is InChI=1S/C25H29NO4/c1-6-30-23(27)13-12-19-14-20-17(2)16-25(3,4)26(21(20)15-22(19)29-5)24(28)18-10-8-7-9-11-18/h7-15,17H,6,16H2,1-5H3. The van der Waals surface area contributed by atoms with Crippen molar-refractivity contribution >= 4 is 23.6 Å². The number of carbonyl (C=O) groups is 2. The average molecular weight is 408 g/mol. The number of nitrogens with zero attached hydrogens (tertiary/aromatic N) is 1. The summed E-state index contributed by atoms with van der Waals surface area (Å²) in [4.78, 5) is 27.1. The Morgan fingerprint density at radius 1 is 1.20 bits per heavy atom. The Bertz CT molecular complexity index is 963. The molecule has 1 amide bonds. The van der Waals surface area contributed by atoms with Crippen LogP contribution >= 0.6 is 0 Å². The summed E-state index contributed by atoms with van der Waals surface area (Å²) in [7, 11) is 1.59. The minimum absolute atomic E-state index is 0.0365. The summed E-state index contributed by atoms with van der Waals surface area (Å²) in [5.74, 6) is 0.415. The molecule has 0 fully saturated rings. The number of anilines is 1. The van der Waals surface area contributed by atoms with Crippen LogP contribution < -0.4 is 9.64 Å². The number of ether oxygens (including phenoxy) is 2. The second kappa shape index (κ2) is 8.74. The second-order valence-electron chi connectivity index (χ2n) is 8.16. The highest BCUT2D eigenvalue weighted by Crippen LogP contribution is 2.46. The molecule has 2 aromatic carbocycles. The Labute approximate surface area is 178 Å². The molecule has 0 aromatic heterocycles.